The van der Waals surface area contributed by atoms with E-state index in [2.05, 4.69) is 21.2 Å². The molecule has 1 N–H and O–H groups in total. The Morgan fingerprint density at radius 3 is 2.62 bits per heavy atom. The van der Waals surface area contributed by atoms with Crippen LogP contribution in [0.2, 0.25) is 0 Å². The van der Waals surface area contributed by atoms with Crippen LogP contribution in [0.15, 0.2) is 42.7 Å². The van der Waals surface area contributed by atoms with E-state index in [0.29, 0.717) is 17.3 Å². The predicted octanol–water partition coefficient (Wildman–Crippen LogP) is 4.75. The van der Waals surface area contributed by atoms with E-state index in [4.69, 9.17) is 20.6 Å². The molecular weight excluding hydrogens is 432 g/mol. The van der Waals surface area contributed by atoms with Gasteiger partial charge in [-0.1, -0.05) is 12.0 Å². The second kappa shape index (κ2) is 10.3. The van der Waals surface area contributed by atoms with E-state index < -0.39 is 0 Å². The number of nitrogens with one attached hydrogen (secondary N) is 1. The van der Waals surface area contributed by atoms with Crippen molar-refractivity contribution in [2.24, 2.45) is 0 Å². The van der Waals surface area contributed by atoms with Gasteiger partial charge in [-0.3, -0.25) is 0 Å². The molecule has 1 amide bonds. The Morgan fingerprint density at radius 1 is 1.12 bits per heavy atom. The molecule has 1 saturated carbocycles. The van der Waals surface area contributed by atoms with Crippen LogP contribution in [0.25, 0.3) is 10.9 Å². The Kier molecular flexibility index (Phi) is 7.02. The minimum Gasteiger partial charge on any atom is -0.493 e. The highest BCUT2D eigenvalue weighted by Crippen LogP contribution is 2.37. The third-order valence-electron chi connectivity index (χ3n) is 6.16. The Labute approximate surface area is 199 Å². The molecule has 1 aromatic heterocycles. The van der Waals surface area contributed by atoms with Gasteiger partial charge in [0.1, 0.15) is 12.1 Å². The zero-order valence-electron chi connectivity index (χ0n) is 19.6. The summed E-state index contributed by atoms with van der Waals surface area (Å²) in [5.41, 5.74) is 2.35. The van der Waals surface area contributed by atoms with Gasteiger partial charge in [0, 0.05) is 35.8 Å². The Balaban J connectivity index is 1.55. The van der Waals surface area contributed by atoms with Crippen LogP contribution in [0.3, 0.4) is 0 Å². The van der Waals surface area contributed by atoms with Gasteiger partial charge >= 0.3 is 6.09 Å². The number of carbonyl (C=O) groups is 1. The lowest BCUT2D eigenvalue weighted by atomic mass is 9.92. The molecule has 8 nitrogen and oxygen atoms in total. The molecule has 0 aliphatic heterocycles. The molecule has 1 fully saturated rings. The van der Waals surface area contributed by atoms with E-state index in [1.165, 1.54) is 13.4 Å². The SMILES string of the molecule is C#Cc1cccc(Nc2ncnc3cc(OC)c(O[C@H]4CC[C@@H](N(C)C(=O)OC)CC4)cc23)c1. The van der Waals surface area contributed by atoms with E-state index in [9.17, 15) is 4.79 Å². The number of aromatic nitrogens is 2. The molecule has 0 atom stereocenters. The van der Waals surface area contributed by atoms with Crippen molar-refractivity contribution in [3.8, 4) is 23.8 Å². The van der Waals surface area contributed by atoms with Crippen molar-refractivity contribution in [3.63, 3.8) is 0 Å². The molecule has 0 spiro atoms. The molecule has 0 bridgehead atoms. The summed E-state index contributed by atoms with van der Waals surface area (Å²) in [6.07, 6.45) is 10.1. The van der Waals surface area contributed by atoms with Crippen molar-refractivity contribution < 1.29 is 19.0 Å². The summed E-state index contributed by atoms with van der Waals surface area (Å²) in [4.78, 5) is 22.3. The molecule has 0 radical (unpaired) electrons. The fourth-order valence-electron chi connectivity index (χ4n) is 4.26. The molecule has 1 aliphatic carbocycles. The summed E-state index contributed by atoms with van der Waals surface area (Å²) in [7, 11) is 4.79. The summed E-state index contributed by atoms with van der Waals surface area (Å²) < 4.78 is 16.8. The van der Waals surface area contributed by atoms with Gasteiger partial charge in [0.15, 0.2) is 11.5 Å². The summed E-state index contributed by atoms with van der Waals surface area (Å²) >= 11 is 0. The van der Waals surface area contributed by atoms with Gasteiger partial charge in [-0.05, 0) is 49.9 Å². The zero-order valence-corrected chi connectivity index (χ0v) is 19.6. The first-order valence-corrected chi connectivity index (χ1v) is 11.2. The van der Waals surface area contributed by atoms with Crippen molar-refractivity contribution in [1.29, 1.82) is 0 Å². The van der Waals surface area contributed by atoms with E-state index in [-0.39, 0.29) is 18.2 Å². The first-order valence-electron chi connectivity index (χ1n) is 11.2. The maximum atomic E-state index is 11.8. The third-order valence-corrected chi connectivity index (χ3v) is 6.16. The lowest BCUT2D eigenvalue weighted by Crippen LogP contribution is -2.41. The highest BCUT2D eigenvalue weighted by molar-refractivity contribution is 5.93. The number of rotatable bonds is 6. The number of hydrogen-bond acceptors (Lipinski definition) is 7. The second-order valence-electron chi connectivity index (χ2n) is 8.22. The summed E-state index contributed by atoms with van der Waals surface area (Å²) in [6, 6.07) is 11.5. The van der Waals surface area contributed by atoms with Crippen LogP contribution in [0.1, 0.15) is 31.2 Å². The number of amides is 1. The molecule has 2 aromatic carbocycles. The van der Waals surface area contributed by atoms with Crippen LogP contribution in [0, 0.1) is 12.3 Å². The van der Waals surface area contributed by atoms with E-state index >= 15 is 0 Å². The van der Waals surface area contributed by atoms with Crippen LogP contribution >= 0.6 is 0 Å². The largest absolute Gasteiger partial charge is 0.493 e. The molecule has 176 valence electrons. The number of fused-ring (bicyclic) bond motifs is 1. The quantitative estimate of drug-likeness (QED) is 0.531. The fourth-order valence-corrected chi connectivity index (χ4v) is 4.26. The Bertz CT molecular complexity index is 1220. The minimum atomic E-state index is -0.312. The van der Waals surface area contributed by atoms with Gasteiger partial charge in [0.2, 0.25) is 0 Å². The smallest absolute Gasteiger partial charge is 0.409 e. The first-order chi connectivity index (χ1) is 16.5. The molecule has 1 heterocycles. The van der Waals surface area contributed by atoms with Crippen LogP contribution in [-0.4, -0.2) is 54.4 Å². The van der Waals surface area contributed by atoms with Crippen LogP contribution in [0.4, 0.5) is 16.3 Å². The fraction of sp³-hybridized carbons (Fsp3) is 0.346. The van der Waals surface area contributed by atoms with Crippen LogP contribution in [0.5, 0.6) is 11.5 Å². The van der Waals surface area contributed by atoms with E-state index in [1.807, 2.05) is 36.4 Å². The molecule has 34 heavy (non-hydrogen) atoms. The number of terminal acetylenes is 1. The molecule has 0 saturated heterocycles. The normalized spacial score (nSPS) is 17.5. The Morgan fingerprint density at radius 2 is 1.91 bits per heavy atom. The monoisotopic (exact) mass is 460 g/mol. The van der Waals surface area contributed by atoms with Gasteiger partial charge < -0.3 is 24.4 Å². The molecule has 8 heteroatoms. The first kappa shape index (κ1) is 23.2. The van der Waals surface area contributed by atoms with Gasteiger partial charge in [-0.15, -0.1) is 6.42 Å². The number of nitrogens with zero attached hydrogens (tertiary/aromatic N) is 3. The zero-order chi connectivity index (χ0) is 24.1. The van der Waals surface area contributed by atoms with Gasteiger partial charge in [0.25, 0.3) is 0 Å². The van der Waals surface area contributed by atoms with Gasteiger partial charge in [0.05, 0.1) is 25.8 Å². The van der Waals surface area contributed by atoms with Crippen molar-refractivity contribution in [2.75, 3.05) is 26.6 Å². The minimum absolute atomic E-state index is 0.0157. The van der Waals surface area contributed by atoms with Crippen molar-refractivity contribution in [1.82, 2.24) is 14.9 Å². The molecule has 1 aliphatic rings. The number of ether oxygens (including phenoxy) is 3. The highest BCUT2D eigenvalue weighted by atomic mass is 16.5. The standard InChI is InChI=1S/C26H28N4O4/c1-5-17-7-6-8-18(13-17)29-25-21-14-24(23(32-3)15-22(21)27-16-28-25)34-20-11-9-19(10-12-20)30(2)26(31)33-4/h1,6-8,13-16,19-20H,9-12H2,2-4H3,(H,27,28,29)/t19-,20+. The lowest BCUT2D eigenvalue weighted by molar-refractivity contribution is 0.0801. The van der Waals surface area contributed by atoms with Crippen molar-refractivity contribution >= 4 is 28.5 Å². The number of anilines is 2. The average Bonchev–Trinajstić information content (AvgIpc) is 2.88. The van der Waals surface area contributed by atoms with Gasteiger partial charge in [-0.2, -0.15) is 0 Å². The van der Waals surface area contributed by atoms with Gasteiger partial charge in [-0.25, -0.2) is 14.8 Å². The Hall–Kier alpha value is -3.99. The van der Waals surface area contributed by atoms with Crippen molar-refractivity contribution in [3.05, 3.63) is 48.3 Å². The summed E-state index contributed by atoms with van der Waals surface area (Å²) in [5.74, 6) is 4.54. The van der Waals surface area contributed by atoms with Crippen LogP contribution < -0.4 is 14.8 Å². The molecular formula is C26H28N4O4. The number of carbonyl (C=O) groups excluding carboxylic acids is 1. The van der Waals surface area contributed by atoms with Crippen LogP contribution in [-0.2, 0) is 4.74 Å². The molecule has 3 aromatic rings. The maximum absolute atomic E-state index is 11.8. The lowest BCUT2D eigenvalue weighted by Gasteiger charge is -2.34. The topological polar surface area (TPSA) is 85.8 Å². The number of methoxy groups -OCH3 is 2. The van der Waals surface area contributed by atoms with Crippen molar-refractivity contribution in [2.45, 2.75) is 37.8 Å². The average molecular weight is 461 g/mol. The summed E-state index contributed by atoms with van der Waals surface area (Å²) in [6.45, 7) is 0. The number of hydrogen-bond donors (Lipinski definition) is 1. The maximum Gasteiger partial charge on any atom is 0.409 e. The molecule has 4 rings (SSSR count). The summed E-state index contributed by atoms with van der Waals surface area (Å²) in [5, 5.41) is 4.14. The van der Waals surface area contributed by atoms with E-state index in [1.54, 1.807) is 19.1 Å². The third kappa shape index (κ3) is 4.99. The van der Waals surface area contributed by atoms with E-state index in [0.717, 1.165) is 47.8 Å². The highest BCUT2D eigenvalue weighted by Gasteiger charge is 2.28. The predicted molar refractivity (Wildman–Crippen MR) is 131 cm³/mol. The molecule has 0 unspecified atom stereocenters. The number of benzene rings is 2. The second-order valence-corrected chi connectivity index (χ2v) is 8.22.